The van der Waals surface area contributed by atoms with E-state index in [1.807, 2.05) is 50.2 Å². The molecule has 6 nitrogen and oxygen atoms in total. The number of likely N-dealkylation sites (N-methyl/N-ethyl adjacent to an activating group) is 1. The number of fused-ring (bicyclic) bond motifs is 3. The van der Waals surface area contributed by atoms with Crippen LogP contribution in [0.4, 0.5) is 4.39 Å². The minimum absolute atomic E-state index is 0.114. The van der Waals surface area contributed by atoms with Crippen molar-refractivity contribution in [3.63, 3.8) is 0 Å². The van der Waals surface area contributed by atoms with Crippen molar-refractivity contribution in [3.05, 3.63) is 99.2 Å². The second-order valence-electron chi connectivity index (χ2n) is 8.58. The van der Waals surface area contributed by atoms with Crippen molar-refractivity contribution in [2.75, 3.05) is 19.7 Å². The van der Waals surface area contributed by atoms with Crippen LogP contribution in [0.3, 0.4) is 0 Å². The van der Waals surface area contributed by atoms with E-state index in [4.69, 9.17) is 9.84 Å². The number of aliphatic hydroxyl groups excluding tert-OH is 1. The lowest BCUT2D eigenvalue weighted by Gasteiger charge is -2.11. The number of aliphatic hydroxyl groups is 1. The zero-order valence-corrected chi connectivity index (χ0v) is 20.7. The summed E-state index contributed by atoms with van der Waals surface area (Å²) in [6.45, 7) is 6.88. The predicted molar refractivity (Wildman–Crippen MR) is 143 cm³/mol. The zero-order chi connectivity index (χ0) is 25.5. The second kappa shape index (κ2) is 11.8. The fourth-order valence-corrected chi connectivity index (χ4v) is 4.23. The van der Waals surface area contributed by atoms with Crippen LogP contribution in [0, 0.1) is 5.82 Å². The summed E-state index contributed by atoms with van der Waals surface area (Å²) in [7, 11) is 0. The second-order valence-corrected chi connectivity index (χ2v) is 8.58. The van der Waals surface area contributed by atoms with Gasteiger partial charge in [0.05, 0.1) is 11.0 Å². The summed E-state index contributed by atoms with van der Waals surface area (Å²) in [5.41, 5.74) is 6.39. The number of H-pyrrole nitrogens is 1. The van der Waals surface area contributed by atoms with Gasteiger partial charge >= 0.3 is 5.69 Å². The molecule has 188 valence electrons. The highest BCUT2D eigenvalue weighted by Gasteiger charge is 2.19. The van der Waals surface area contributed by atoms with E-state index >= 15 is 0 Å². The maximum atomic E-state index is 13.9. The van der Waals surface area contributed by atoms with Gasteiger partial charge < -0.3 is 20.1 Å². The maximum absolute atomic E-state index is 13.9. The molecule has 0 amide bonds. The van der Waals surface area contributed by atoms with Crippen LogP contribution < -0.4 is 15.7 Å². The zero-order valence-electron chi connectivity index (χ0n) is 20.7. The van der Waals surface area contributed by atoms with Crippen LogP contribution >= 0.6 is 0 Å². The standard InChI is InChI=1S/C26H24FN3O2.C3H8O/c1-2-28-11-12-30-24-10-7-17(14-23(24)29-26(30)31)13-22-20-6-4-3-5-18(20)16-32-25-15-19(27)8-9-21(22)25;1-2-3-4/h3-10,13-15,28H,2,11-12,16H2,1H3,(H,29,31);4H,2-3H2,1H3/b22-13+;. The highest BCUT2D eigenvalue weighted by Crippen LogP contribution is 2.38. The molecule has 3 aromatic carbocycles. The molecule has 0 atom stereocenters. The van der Waals surface area contributed by atoms with Gasteiger partial charge in [-0.25, -0.2) is 9.18 Å². The highest BCUT2D eigenvalue weighted by molar-refractivity contribution is 5.95. The van der Waals surface area contributed by atoms with Crippen LogP contribution in [0.2, 0.25) is 0 Å². The summed E-state index contributed by atoms with van der Waals surface area (Å²) < 4.78 is 21.6. The molecule has 0 saturated carbocycles. The summed E-state index contributed by atoms with van der Waals surface area (Å²) in [6, 6.07) is 18.6. The fraction of sp³-hybridized carbons (Fsp3) is 0.276. The average molecular weight is 490 g/mol. The van der Waals surface area contributed by atoms with Crippen LogP contribution in [0.5, 0.6) is 5.75 Å². The summed E-state index contributed by atoms with van der Waals surface area (Å²) in [4.78, 5) is 15.4. The average Bonchev–Trinajstić information content (AvgIpc) is 3.12. The van der Waals surface area contributed by atoms with Crippen LogP contribution in [-0.4, -0.2) is 34.4 Å². The molecule has 0 fully saturated rings. The molecule has 0 bridgehead atoms. The molecular formula is C29H32FN3O3. The molecule has 7 heteroatoms. The molecule has 1 aromatic heterocycles. The van der Waals surface area contributed by atoms with E-state index in [1.165, 1.54) is 12.1 Å². The highest BCUT2D eigenvalue weighted by atomic mass is 19.1. The van der Waals surface area contributed by atoms with E-state index in [0.29, 0.717) is 25.5 Å². The molecule has 3 N–H and O–H groups in total. The van der Waals surface area contributed by atoms with Gasteiger partial charge in [-0.15, -0.1) is 0 Å². The van der Waals surface area contributed by atoms with Crippen LogP contribution in [0.15, 0.2) is 65.5 Å². The third-order valence-corrected chi connectivity index (χ3v) is 6.02. The van der Waals surface area contributed by atoms with Crippen molar-refractivity contribution in [1.29, 1.82) is 0 Å². The Labute approximate surface area is 210 Å². The van der Waals surface area contributed by atoms with E-state index in [1.54, 1.807) is 10.6 Å². The van der Waals surface area contributed by atoms with Gasteiger partial charge in [0.15, 0.2) is 0 Å². The Balaban J connectivity index is 0.000000709. The Morgan fingerprint density at radius 1 is 1.11 bits per heavy atom. The molecule has 0 radical (unpaired) electrons. The topological polar surface area (TPSA) is 79.3 Å². The smallest absolute Gasteiger partial charge is 0.326 e. The number of hydrogen-bond donors (Lipinski definition) is 3. The van der Waals surface area contributed by atoms with Gasteiger partial charge in [0.1, 0.15) is 18.2 Å². The summed E-state index contributed by atoms with van der Waals surface area (Å²) in [5.74, 6) is 0.198. The van der Waals surface area contributed by atoms with Crippen molar-refractivity contribution in [2.24, 2.45) is 0 Å². The van der Waals surface area contributed by atoms with E-state index in [2.05, 4.69) is 22.4 Å². The van der Waals surface area contributed by atoms with Gasteiger partial charge in [0.25, 0.3) is 0 Å². The number of rotatable bonds is 6. The first-order valence-electron chi connectivity index (χ1n) is 12.3. The minimum atomic E-state index is -0.327. The predicted octanol–water partition coefficient (Wildman–Crippen LogP) is 4.95. The molecule has 0 aliphatic carbocycles. The minimum Gasteiger partial charge on any atom is -0.488 e. The SMILES string of the molecule is CCCO.CCNCCn1c(=O)[nH]c2cc(/C=C3\c4ccccc4COc4cc(F)ccc43)ccc21. The molecule has 1 aliphatic rings. The third kappa shape index (κ3) is 5.58. The van der Waals surface area contributed by atoms with Gasteiger partial charge in [-0.1, -0.05) is 44.2 Å². The Bertz CT molecular complexity index is 1420. The summed E-state index contributed by atoms with van der Waals surface area (Å²) in [6.07, 6.45) is 2.94. The molecule has 36 heavy (non-hydrogen) atoms. The third-order valence-electron chi connectivity index (χ3n) is 6.02. The van der Waals surface area contributed by atoms with Gasteiger partial charge in [-0.05, 0) is 65.6 Å². The number of aromatic nitrogens is 2. The number of hydrogen-bond acceptors (Lipinski definition) is 4. The fourth-order valence-electron chi connectivity index (χ4n) is 4.23. The lowest BCUT2D eigenvalue weighted by Crippen LogP contribution is -2.25. The Morgan fingerprint density at radius 3 is 2.69 bits per heavy atom. The number of halogens is 1. The number of ether oxygens (including phenoxy) is 1. The molecular weight excluding hydrogens is 457 g/mol. The normalized spacial score (nSPS) is 13.4. The Morgan fingerprint density at radius 2 is 1.92 bits per heavy atom. The maximum Gasteiger partial charge on any atom is 0.326 e. The molecule has 0 unspecified atom stereocenters. The van der Waals surface area contributed by atoms with Gasteiger partial charge in [0, 0.05) is 31.3 Å². The van der Waals surface area contributed by atoms with E-state index < -0.39 is 0 Å². The molecule has 0 saturated heterocycles. The van der Waals surface area contributed by atoms with Crippen molar-refractivity contribution in [3.8, 4) is 5.75 Å². The van der Waals surface area contributed by atoms with Crippen LogP contribution in [0.25, 0.3) is 22.7 Å². The first kappa shape index (κ1) is 25.4. The van der Waals surface area contributed by atoms with Crippen molar-refractivity contribution in [2.45, 2.75) is 33.4 Å². The molecule has 1 aliphatic heterocycles. The first-order chi connectivity index (χ1) is 17.5. The van der Waals surface area contributed by atoms with E-state index in [0.717, 1.165) is 58.4 Å². The summed E-state index contributed by atoms with van der Waals surface area (Å²) >= 11 is 0. The van der Waals surface area contributed by atoms with Gasteiger partial charge in [0.2, 0.25) is 0 Å². The number of imidazole rings is 1. The molecule has 2 heterocycles. The van der Waals surface area contributed by atoms with E-state index in [-0.39, 0.29) is 11.5 Å². The van der Waals surface area contributed by atoms with E-state index in [9.17, 15) is 9.18 Å². The first-order valence-corrected chi connectivity index (χ1v) is 12.3. The van der Waals surface area contributed by atoms with Gasteiger partial charge in [-0.3, -0.25) is 4.57 Å². The number of nitrogens with one attached hydrogen (secondary N) is 2. The van der Waals surface area contributed by atoms with Crippen molar-refractivity contribution < 1.29 is 14.2 Å². The molecule has 4 aromatic rings. The van der Waals surface area contributed by atoms with Crippen LogP contribution in [-0.2, 0) is 13.2 Å². The van der Waals surface area contributed by atoms with Gasteiger partial charge in [-0.2, -0.15) is 0 Å². The van der Waals surface area contributed by atoms with Crippen LogP contribution in [0.1, 0.15) is 42.5 Å². The van der Waals surface area contributed by atoms with Crippen molar-refractivity contribution >= 4 is 22.7 Å². The Hall–Kier alpha value is -3.68. The number of aromatic amines is 1. The number of nitrogens with zero attached hydrogens (tertiary/aromatic N) is 1. The quantitative estimate of drug-likeness (QED) is 0.335. The molecule has 0 spiro atoms. The number of benzene rings is 3. The van der Waals surface area contributed by atoms with Crippen molar-refractivity contribution in [1.82, 2.24) is 14.9 Å². The molecule has 5 rings (SSSR count). The lowest BCUT2D eigenvalue weighted by molar-refractivity contribution is 0.295. The summed E-state index contributed by atoms with van der Waals surface area (Å²) in [5, 5.41) is 11.1. The Kier molecular flexibility index (Phi) is 8.36. The largest absolute Gasteiger partial charge is 0.488 e. The lowest BCUT2D eigenvalue weighted by atomic mass is 9.92. The monoisotopic (exact) mass is 489 g/mol.